The third-order valence-electron chi connectivity index (χ3n) is 0. The molecule has 0 unspecified atom stereocenters. The molecule has 0 spiro atoms. The van der Waals surface area contributed by atoms with E-state index in [-0.39, 0.29) is 50.5 Å². The SMILES string of the molecule is [CH2-]C(=O)O.[H-].[Na+].[Zn]. The molecule has 0 saturated carbocycles. The minimum atomic E-state index is -1.08. The summed E-state index contributed by atoms with van der Waals surface area (Å²) in [4.78, 5) is 8.89. The van der Waals surface area contributed by atoms with Gasteiger partial charge in [0.1, 0.15) is 0 Å². The molecule has 0 atom stereocenters. The van der Waals surface area contributed by atoms with Crippen LogP contribution in [0, 0.1) is 6.92 Å². The van der Waals surface area contributed by atoms with Crippen LogP contribution in [-0.2, 0) is 24.3 Å². The molecule has 28 valence electrons. The molecular weight excluding hydrogens is 144 g/mol. The minimum Gasteiger partial charge on any atom is -1.00 e. The second-order valence-electron chi connectivity index (χ2n) is 0.394. The maximum Gasteiger partial charge on any atom is 1.00 e. The van der Waals surface area contributed by atoms with E-state index in [4.69, 9.17) is 9.90 Å². The Bertz CT molecular complexity index is 38.7. The summed E-state index contributed by atoms with van der Waals surface area (Å²) in [6.45, 7) is 2.56. The zero-order chi connectivity index (χ0) is 3.58. The largest absolute Gasteiger partial charge is 1.00 e. The van der Waals surface area contributed by atoms with Gasteiger partial charge in [-0.25, -0.2) is 0 Å². The number of hydrogen-bond donors (Lipinski definition) is 1. The van der Waals surface area contributed by atoms with Crippen molar-refractivity contribution in [3.8, 4) is 0 Å². The van der Waals surface area contributed by atoms with Gasteiger partial charge in [-0.3, -0.25) is 11.7 Å². The Kier molecular flexibility index (Phi) is 24.6. The molecule has 0 bridgehead atoms. The van der Waals surface area contributed by atoms with Gasteiger partial charge in [-0.15, -0.1) is 0 Å². The summed E-state index contributed by atoms with van der Waals surface area (Å²) in [6, 6.07) is 0. The summed E-state index contributed by atoms with van der Waals surface area (Å²) < 4.78 is 0. The Morgan fingerprint density at radius 1 is 1.83 bits per heavy atom. The van der Waals surface area contributed by atoms with Crippen molar-refractivity contribution in [2.45, 2.75) is 0 Å². The van der Waals surface area contributed by atoms with E-state index >= 15 is 0 Å². The molecule has 0 radical (unpaired) electrons. The number of carboxylic acids is 1. The van der Waals surface area contributed by atoms with Crippen LogP contribution in [0.5, 0.6) is 0 Å². The summed E-state index contributed by atoms with van der Waals surface area (Å²) in [5, 5.41) is 7.31. The fourth-order valence-electron chi connectivity index (χ4n) is 0. The maximum atomic E-state index is 8.89. The third kappa shape index (κ3) is 84.0. The van der Waals surface area contributed by atoms with Gasteiger partial charge in [0.25, 0.3) is 0 Å². The first kappa shape index (κ1) is 15.8. The second-order valence-corrected chi connectivity index (χ2v) is 0.394. The maximum absolute atomic E-state index is 8.89. The van der Waals surface area contributed by atoms with E-state index in [0.29, 0.717) is 0 Å². The van der Waals surface area contributed by atoms with Crippen molar-refractivity contribution < 1.29 is 60.4 Å². The van der Waals surface area contributed by atoms with Gasteiger partial charge in [-0.05, 0) is 0 Å². The normalized spacial score (nSPS) is 4.00. The summed E-state index contributed by atoms with van der Waals surface area (Å²) in [5.41, 5.74) is 0. The van der Waals surface area contributed by atoms with Crippen molar-refractivity contribution in [2.24, 2.45) is 0 Å². The van der Waals surface area contributed by atoms with Crippen LogP contribution in [0.2, 0.25) is 0 Å². The van der Waals surface area contributed by atoms with Gasteiger partial charge in [0.15, 0.2) is 5.97 Å². The topological polar surface area (TPSA) is 37.3 Å². The first-order chi connectivity index (χ1) is 1.73. The molecule has 0 aromatic carbocycles. The molecule has 0 aromatic rings. The molecule has 0 amide bonds. The molecule has 0 aromatic heterocycles. The van der Waals surface area contributed by atoms with Crippen molar-refractivity contribution in [3.05, 3.63) is 6.92 Å². The van der Waals surface area contributed by atoms with Gasteiger partial charge >= 0.3 is 29.6 Å². The van der Waals surface area contributed by atoms with Crippen LogP contribution in [0.3, 0.4) is 0 Å². The molecule has 0 aliphatic heterocycles. The van der Waals surface area contributed by atoms with Crippen LogP contribution in [0.15, 0.2) is 0 Å². The molecule has 2 nitrogen and oxygen atoms in total. The zero-order valence-corrected chi connectivity index (χ0v) is 8.74. The standard InChI is InChI=1S/C2H3O2.Na.Zn.H/c1-2(3)4;;;/h1H2,(H,3,4);;;/q-1;+1;;-1. The van der Waals surface area contributed by atoms with E-state index in [0.717, 1.165) is 0 Å². The van der Waals surface area contributed by atoms with E-state index < -0.39 is 5.97 Å². The zero-order valence-electron chi connectivity index (χ0n) is 4.77. The van der Waals surface area contributed by atoms with Crippen molar-refractivity contribution in [1.82, 2.24) is 0 Å². The van der Waals surface area contributed by atoms with Crippen LogP contribution >= 0.6 is 0 Å². The smallest absolute Gasteiger partial charge is 1.00 e. The summed E-state index contributed by atoms with van der Waals surface area (Å²) in [6.07, 6.45) is 0. The molecule has 0 rings (SSSR count). The average Bonchev–Trinajstić information content (AvgIpc) is 0.811. The molecule has 0 aliphatic carbocycles. The van der Waals surface area contributed by atoms with Crippen LogP contribution in [0.25, 0.3) is 0 Å². The van der Waals surface area contributed by atoms with Crippen LogP contribution in [-0.4, -0.2) is 11.1 Å². The molecule has 0 aliphatic rings. The number of hydrogen-bond acceptors (Lipinski definition) is 1. The van der Waals surface area contributed by atoms with E-state index in [1.54, 1.807) is 0 Å². The predicted molar refractivity (Wildman–Crippen MR) is 14.1 cm³/mol. The monoisotopic (exact) mass is 147 g/mol. The van der Waals surface area contributed by atoms with Gasteiger partial charge in [0, 0.05) is 19.5 Å². The van der Waals surface area contributed by atoms with Crippen molar-refractivity contribution in [2.75, 3.05) is 0 Å². The first-order valence-electron chi connectivity index (χ1n) is 0.781. The Morgan fingerprint density at radius 2 is 1.83 bits per heavy atom. The number of carbonyl (C=O) groups is 1. The molecule has 0 saturated heterocycles. The minimum absolute atomic E-state index is 0. The molecule has 6 heavy (non-hydrogen) atoms. The van der Waals surface area contributed by atoms with Crippen LogP contribution in [0.4, 0.5) is 0 Å². The van der Waals surface area contributed by atoms with E-state index in [1.165, 1.54) is 0 Å². The van der Waals surface area contributed by atoms with Crippen molar-refractivity contribution >= 4 is 5.97 Å². The number of rotatable bonds is 0. The Balaban J connectivity index is -0.0000000150. The van der Waals surface area contributed by atoms with E-state index in [2.05, 4.69) is 6.92 Å². The fourth-order valence-corrected chi connectivity index (χ4v) is 0. The first-order valence-corrected chi connectivity index (χ1v) is 0.781. The number of carboxylic acid groups (broad SMARTS) is 1. The average molecular weight is 148 g/mol. The van der Waals surface area contributed by atoms with Gasteiger partial charge in [-0.1, -0.05) is 0 Å². The Labute approximate surface area is 72.8 Å². The van der Waals surface area contributed by atoms with Crippen molar-refractivity contribution in [3.63, 3.8) is 0 Å². The summed E-state index contributed by atoms with van der Waals surface area (Å²) in [7, 11) is 0. The molecule has 1 N–H and O–H groups in total. The molecule has 0 fully saturated rings. The Morgan fingerprint density at radius 3 is 1.83 bits per heavy atom. The van der Waals surface area contributed by atoms with Gasteiger partial charge in [0.2, 0.25) is 0 Å². The van der Waals surface area contributed by atoms with Crippen LogP contribution in [0.1, 0.15) is 1.43 Å². The van der Waals surface area contributed by atoms with Crippen molar-refractivity contribution in [1.29, 1.82) is 0 Å². The molecular formula is C2H4NaO2Zn-. The summed E-state index contributed by atoms with van der Waals surface area (Å²) >= 11 is 0. The predicted octanol–water partition coefficient (Wildman–Crippen LogP) is -2.98. The molecule has 0 heterocycles. The molecule has 4 heteroatoms. The quantitative estimate of drug-likeness (QED) is 0.294. The summed E-state index contributed by atoms with van der Waals surface area (Å²) in [5.74, 6) is -1.08. The van der Waals surface area contributed by atoms with E-state index in [1.807, 2.05) is 0 Å². The van der Waals surface area contributed by atoms with E-state index in [9.17, 15) is 0 Å². The third-order valence-corrected chi connectivity index (χ3v) is 0. The number of aliphatic carboxylic acids is 1. The van der Waals surface area contributed by atoms with Crippen LogP contribution < -0.4 is 29.6 Å². The van der Waals surface area contributed by atoms with Gasteiger partial charge < -0.3 is 6.53 Å². The van der Waals surface area contributed by atoms with Gasteiger partial charge in [0.05, 0.1) is 0 Å². The second kappa shape index (κ2) is 9.35. The fraction of sp³-hybridized carbons (Fsp3) is 0. The Hall–Kier alpha value is 0.963. The van der Waals surface area contributed by atoms with Gasteiger partial charge in [-0.2, -0.15) is 0 Å².